The van der Waals surface area contributed by atoms with E-state index in [0.717, 1.165) is 41.7 Å². The smallest absolute Gasteiger partial charge is 0.175 e. The van der Waals surface area contributed by atoms with Crippen molar-refractivity contribution in [3.8, 4) is 11.5 Å². The van der Waals surface area contributed by atoms with Crippen LogP contribution < -0.4 is 14.8 Å². The molecule has 0 heterocycles. The molecule has 148 valence electrons. The van der Waals surface area contributed by atoms with E-state index in [2.05, 4.69) is 40.2 Å². The zero-order valence-electron chi connectivity index (χ0n) is 15.8. The zero-order valence-corrected chi connectivity index (χ0v) is 18.9. The highest BCUT2D eigenvalue weighted by molar-refractivity contribution is 9.10. The van der Waals surface area contributed by atoms with Gasteiger partial charge in [0.1, 0.15) is 6.61 Å². The minimum absolute atomic E-state index is 0.260. The van der Waals surface area contributed by atoms with E-state index in [1.165, 1.54) is 0 Å². The van der Waals surface area contributed by atoms with Crippen molar-refractivity contribution in [2.45, 2.75) is 19.6 Å². The molecule has 2 aromatic carbocycles. The molecule has 0 aromatic heterocycles. The second-order valence-electron chi connectivity index (χ2n) is 6.43. The van der Waals surface area contributed by atoms with E-state index in [4.69, 9.17) is 32.7 Å². The summed E-state index contributed by atoms with van der Waals surface area (Å²) in [6, 6.07) is 9.41. The summed E-state index contributed by atoms with van der Waals surface area (Å²) in [7, 11) is 5.79. The Balaban J connectivity index is 2.03. The molecule has 0 aliphatic heterocycles. The number of nitrogens with zero attached hydrogens (tertiary/aromatic N) is 1. The average Bonchev–Trinajstić information content (AvgIpc) is 2.61. The van der Waals surface area contributed by atoms with Gasteiger partial charge >= 0.3 is 0 Å². The zero-order chi connectivity index (χ0) is 19.8. The first-order chi connectivity index (χ1) is 12.9. The Morgan fingerprint density at radius 1 is 1.15 bits per heavy atom. The Kier molecular flexibility index (Phi) is 9.19. The Bertz CT molecular complexity index is 737. The molecular formula is C20H25BrCl2N2O2. The molecular weight excluding hydrogens is 451 g/mol. The monoisotopic (exact) mass is 474 g/mol. The first kappa shape index (κ1) is 22.3. The first-order valence-corrected chi connectivity index (χ1v) is 10.2. The van der Waals surface area contributed by atoms with E-state index in [9.17, 15) is 0 Å². The highest BCUT2D eigenvalue weighted by atomic mass is 79.9. The van der Waals surface area contributed by atoms with E-state index in [-0.39, 0.29) is 6.61 Å². The number of rotatable bonds is 10. The number of hydrogen-bond acceptors (Lipinski definition) is 4. The second-order valence-corrected chi connectivity index (χ2v) is 8.10. The molecule has 0 amide bonds. The fraction of sp³-hybridized carbons (Fsp3) is 0.400. The molecule has 1 N–H and O–H groups in total. The van der Waals surface area contributed by atoms with Gasteiger partial charge in [0.2, 0.25) is 0 Å². The summed E-state index contributed by atoms with van der Waals surface area (Å²) in [6.07, 6.45) is 1.10. The van der Waals surface area contributed by atoms with Gasteiger partial charge in [0.05, 0.1) is 11.6 Å². The van der Waals surface area contributed by atoms with Crippen molar-refractivity contribution in [2.24, 2.45) is 0 Å². The summed E-state index contributed by atoms with van der Waals surface area (Å²) >= 11 is 16.0. The third kappa shape index (κ3) is 6.84. The molecule has 0 saturated carbocycles. The van der Waals surface area contributed by atoms with Crippen LogP contribution in [0.4, 0.5) is 0 Å². The van der Waals surface area contributed by atoms with Crippen molar-refractivity contribution in [2.75, 3.05) is 34.3 Å². The fourth-order valence-electron chi connectivity index (χ4n) is 2.58. The molecule has 7 heteroatoms. The second kappa shape index (κ2) is 11.1. The number of methoxy groups -OCH3 is 1. The third-order valence-electron chi connectivity index (χ3n) is 4.00. The molecule has 0 spiro atoms. The molecule has 2 rings (SSSR count). The molecule has 0 unspecified atom stereocenters. The van der Waals surface area contributed by atoms with E-state index in [1.807, 2.05) is 18.2 Å². The molecule has 0 aliphatic carbocycles. The van der Waals surface area contributed by atoms with Crippen LogP contribution in [0.15, 0.2) is 34.8 Å². The van der Waals surface area contributed by atoms with Crippen LogP contribution >= 0.6 is 39.1 Å². The van der Waals surface area contributed by atoms with Gasteiger partial charge in [0.15, 0.2) is 11.5 Å². The molecule has 0 fully saturated rings. The summed E-state index contributed by atoms with van der Waals surface area (Å²) in [6.45, 7) is 3.05. The third-order valence-corrected chi connectivity index (χ3v) is 5.30. The number of benzene rings is 2. The molecule has 27 heavy (non-hydrogen) atoms. The average molecular weight is 476 g/mol. The van der Waals surface area contributed by atoms with Gasteiger partial charge in [-0.1, -0.05) is 29.3 Å². The maximum absolute atomic E-state index is 6.22. The lowest BCUT2D eigenvalue weighted by atomic mass is 10.2. The molecule has 0 aliphatic rings. The molecule has 4 nitrogen and oxygen atoms in total. The minimum Gasteiger partial charge on any atom is -0.493 e. The van der Waals surface area contributed by atoms with Crippen LogP contribution in [0.5, 0.6) is 11.5 Å². The molecule has 0 saturated heterocycles. The summed E-state index contributed by atoms with van der Waals surface area (Å²) in [5.41, 5.74) is 1.87. The van der Waals surface area contributed by atoms with Crippen LogP contribution in [-0.2, 0) is 13.2 Å². The Morgan fingerprint density at radius 2 is 1.85 bits per heavy atom. The number of nitrogens with one attached hydrogen (secondary N) is 1. The summed E-state index contributed by atoms with van der Waals surface area (Å²) < 4.78 is 12.3. The van der Waals surface area contributed by atoms with Crippen LogP contribution in [0.25, 0.3) is 0 Å². The van der Waals surface area contributed by atoms with Gasteiger partial charge in [-0.05, 0) is 79.4 Å². The highest BCUT2D eigenvalue weighted by Gasteiger charge is 2.14. The molecule has 0 radical (unpaired) electrons. The minimum atomic E-state index is 0.260. The van der Waals surface area contributed by atoms with Crippen LogP contribution in [0, 0.1) is 0 Å². The quantitative estimate of drug-likeness (QED) is 0.467. The van der Waals surface area contributed by atoms with Crippen LogP contribution in [0.2, 0.25) is 10.0 Å². The summed E-state index contributed by atoms with van der Waals surface area (Å²) in [5, 5.41) is 4.61. The lowest BCUT2D eigenvalue weighted by Crippen LogP contribution is -2.21. The largest absolute Gasteiger partial charge is 0.493 e. The van der Waals surface area contributed by atoms with Gasteiger partial charge in [-0.2, -0.15) is 0 Å². The Hall–Kier alpha value is -0.980. The van der Waals surface area contributed by atoms with Gasteiger partial charge in [-0.15, -0.1) is 0 Å². The van der Waals surface area contributed by atoms with Crippen LogP contribution in [-0.4, -0.2) is 39.2 Å². The Labute approximate surface area is 179 Å². The van der Waals surface area contributed by atoms with Crippen molar-refractivity contribution in [3.63, 3.8) is 0 Å². The Morgan fingerprint density at radius 3 is 2.48 bits per heavy atom. The van der Waals surface area contributed by atoms with Crippen molar-refractivity contribution >= 4 is 39.1 Å². The van der Waals surface area contributed by atoms with E-state index in [0.29, 0.717) is 21.5 Å². The maximum Gasteiger partial charge on any atom is 0.175 e. The van der Waals surface area contributed by atoms with E-state index < -0.39 is 0 Å². The predicted molar refractivity (Wildman–Crippen MR) is 116 cm³/mol. The van der Waals surface area contributed by atoms with Gasteiger partial charge in [0.25, 0.3) is 0 Å². The van der Waals surface area contributed by atoms with Crippen molar-refractivity contribution in [1.82, 2.24) is 10.2 Å². The normalized spacial score (nSPS) is 11.1. The van der Waals surface area contributed by atoms with E-state index in [1.54, 1.807) is 19.2 Å². The highest BCUT2D eigenvalue weighted by Crippen LogP contribution is 2.38. The SMILES string of the molecule is COc1cc(CNCCCN(C)C)cc(Br)c1OCc1c(Cl)cccc1Cl. The van der Waals surface area contributed by atoms with Crippen LogP contribution in [0.3, 0.4) is 0 Å². The molecule has 2 aromatic rings. The van der Waals surface area contributed by atoms with Gasteiger partial charge in [-0.3, -0.25) is 0 Å². The van der Waals surface area contributed by atoms with Crippen molar-refractivity contribution in [1.29, 1.82) is 0 Å². The number of halogens is 3. The van der Waals surface area contributed by atoms with Crippen molar-refractivity contribution in [3.05, 3.63) is 56.0 Å². The summed E-state index contributed by atoms with van der Waals surface area (Å²) in [4.78, 5) is 2.18. The van der Waals surface area contributed by atoms with Crippen molar-refractivity contribution < 1.29 is 9.47 Å². The van der Waals surface area contributed by atoms with Crippen LogP contribution in [0.1, 0.15) is 17.5 Å². The van der Waals surface area contributed by atoms with Gasteiger partial charge < -0.3 is 19.7 Å². The summed E-state index contributed by atoms with van der Waals surface area (Å²) in [5.74, 6) is 1.29. The predicted octanol–water partition coefficient (Wildman–Crippen LogP) is 5.38. The van der Waals surface area contributed by atoms with E-state index >= 15 is 0 Å². The first-order valence-electron chi connectivity index (χ1n) is 8.70. The number of ether oxygens (including phenoxy) is 2. The molecule has 0 bridgehead atoms. The van der Waals surface area contributed by atoms with Gasteiger partial charge in [-0.25, -0.2) is 0 Å². The maximum atomic E-state index is 6.22. The topological polar surface area (TPSA) is 33.7 Å². The number of hydrogen-bond donors (Lipinski definition) is 1. The molecule has 0 atom stereocenters. The lowest BCUT2D eigenvalue weighted by molar-refractivity contribution is 0.282. The van der Waals surface area contributed by atoms with Gasteiger partial charge in [0, 0.05) is 22.2 Å². The lowest BCUT2D eigenvalue weighted by Gasteiger charge is -2.16. The standard InChI is InChI=1S/C20H25BrCl2N2O2/c1-25(2)9-5-8-24-12-14-10-16(21)20(19(11-14)26-3)27-13-15-17(22)6-4-7-18(15)23/h4,6-7,10-11,24H,5,8-9,12-13H2,1-3H3. The fourth-order valence-corrected chi connectivity index (χ4v) is 3.69.